The zero-order chi connectivity index (χ0) is 15.4. The first kappa shape index (κ1) is 15.3. The standard InChI is InChI=1S/C16H17ClN2O2/c1-10-8-11(2)18-12(3)16(10)19-15(20)9-21-14-6-4-13(17)5-7-14/h4-8H,9H2,1-3H3,(H,19,20). The third-order valence-corrected chi connectivity index (χ3v) is 3.23. The van der Waals surface area contributed by atoms with E-state index in [1.807, 2.05) is 26.8 Å². The number of nitrogens with zero attached hydrogens (tertiary/aromatic N) is 1. The highest BCUT2D eigenvalue weighted by molar-refractivity contribution is 6.30. The molecule has 0 saturated heterocycles. The first-order valence-corrected chi connectivity index (χ1v) is 6.96. The van der Waals surface area contributed by atoms with E-state index in [2.05, 4.69) is 10.3 Å². The van der Waals surface area contributed by atoms with Gasteiger partial charge in [0.25, 0.3) is 5.91 Å². The summed E-state index contributed by atoms with van der Waals surface area (Å²) in [5.74, 6) is 0.381. The maximum absolute atomic E-state index is 12.0. The van der Waals surface area contributed by atoms with E-state index in [9.17, 15) is 4.79 Å². The Kier molecular flexibility index (Phi) is 4.81. The number of amides is 1. The molecule has 0 atom stereocenters. The molecule has 1 N–H and O–H groups in total. The van der Waals surface area contributed by atoms with Crippen molar-refractivity contribution in [2.24, 2.45) is 0 Å². The Morgan fingerprint density at radius 3 is 2.52 bits per heavy atom. The predicted molar refractivity (Wildman–Crippen MR) is 84.0 cm³/mol. The van der Waals surface area contributed by atoms with E-state index in [1.165, 1.54) is 0 Å². The average Bonchev–Trinajstić information content (AvgIpc) is 2.42. The number of benzene rings is 1. The number of halogens is 1. The van der Waals surface area contributed by atoms with Gasteiger partial charge < -0.3 is 10.1 Å². The number of anilines is 1. The van der Waals surface area contributed by atoms with Crippen molar-refractivity contribution >= 4 is 23.2 Å². The fourth-order valence-corrected chi connectivity index (χ4v) is 2.19. The van der Waals surface area contributed by atoms with Crippen LogP contribution in [0.5, 0.6) is 5.75 Å². The summed E-state index contributed by atoms with van der Waals surface area (Å²) in [5, 5.41) is 3.46. The zero-order valence-corrected chi connectivity index (χ0v) is 13.0. The van der Waals surface area contributed by atoms with Gasteiger partial charge in [-0.25, -0.2) is 0 Å². The molecule has 4 nitrogen and oxygen atoms in total. The van der Waals surface area contributed by atoms with E-state index in [4.69, 9.17) is 16.3 Å². The SMILES string of the molecule is Cc1cc(C)c(NC(=O)COc2ccc(Cl)cc2)c(C)n1. The van der Waals surface area contributed by atoms with Gasteiger partial charge in [0.15, 0.2) is 6.61 Å². The Hall–Kier alpha value is -2.07. The van der Waals surface area contributed by atoms with Crippen molar-refractivity contribution in [2.45, 2.75) is 20.8 Å². The van der Waals surface area contributed by atoms with Gasteiger partial charge in [0.05, 0.1) is 11.4 Å². The molecule has 0 fully saturated rings. The van der Waals surface area contributed by atoms with Gasteiger partial charge in [0.1, 0.15) is 5.75 Å². The van der Waals surface area contributed by atoms with Crippen LogP contribution < -0.4 is 10.1 Å². The Morgan fingerprint density at radius 1 is 1.24 bits per heavy atom. The molecule has 2 aromatic rings. The van der Waals surface area contributed by atoms with E-state index in [0.29, 0.717) is 10.8 Å². The molecule has 2 rings (SSSR count). The molecule has 21 heavy (non-hydrogen) atoms. The van der Waals surface area contributed by atoms with E-state index < -0.39 is 0 Å². The second-order valence-corrected chi connectivity index (χ2v) is 5.27. The molecule has 110 valence electrons. The number of carbonyl (C=O) groups is 1. The van der Waals surface area contributed by atoms with E-state index in [0.717, 1.165) is 22.6 Å². The third-order valence-electron chi connectivity index (χ3n) is 2.97. The summed E-state index contributed by atoms with van der Waals surface area (Å²) in [6, 6.07) is 8.81. The van der Waals surface area contributed by atoms with Crippen LogP contribution in [0.1, 0.15) is 17.0 Å². The Morgan fingerprint density at radius 2 is 1.90 bits per heavy atom. The lowest BCUT2D eigenvalue weighted by molar-refractivity contribution is -0.118. The molecule has 0 unspecified atom stereocenters. The average molecular weight is 305 g/mol. The number of aryl methyl sites for hydroxylation is 3. The van der Waals surface area contributed by atoms with Crippen molar-refractivity contribution < 1.29 is 9.53 Å². The van der Waals surface area contributed by atoms with Gasteiger partial charge in [-0.1, -0.05) is 11.6 Å². The number of hydrogen-bond donors (Lipinski definition) is 1. The summed E-state index contributed by atoms with van der Waals surface area (Å²) in [7, 11) is 0. The third kappa shape index (κ3) is 4.20. The summed E-state index contributed by atoms with van der Waals surface area (Å²) in [6.45, 7) is 5.68. The second kappa shape index (κ2) is 6.59. The predicted octanol–water partition coefficient (Wildman–Crippen LogP) is 3.68. The number of hydrogen-bond acceptors (Lipinski definition) is 3. The minimum atomic E-state index is -0.221. The normalized spacial score (nSPS) is 10.3. The van der Waals surface area contributed by atoms with Crippen LogP contribution in [0.3, 0.4) is 0 Å². The topological polar surface area (TPSA) is 51.2 Å². The molecule has 0 aliphatic carbocycles. The van der Waals surface area contributed by atoms with Crippen LogP contribution in [0.25, 0.3) is 0 Å². The molecule has 0 radical (unpaired) electrons. The lowest BCUT2D eigenvalue weighted by atomic mass is 10.1. The monoisotopic (exact) mass is 304 g/mol. The summed E-state index contributed by atoms with van der Waals surface area (Å²) >= 11 is 5.79. The zero-order valence-electron chi connectivity index (χ0n) is 12.2. The molecule has 1 aromatic heterocycles. The Balaban J connectivity index is 1.97. The van der Waals surface area contributed by atoms with Crippen molar-refractivity contribution in [1.29, 1.82) is 0 Å². The largest absolute Gasteiger partial charge is 0.484 e. The van der Waals surface area contributed by atoms with Crippen LogP contribution >= 0.6 is 11.6 Å². The quantitative estimate of drug-likeness (QED) is 0.937. The molecule has 0 saturated carbocycles. The van der Waals surface area contributed by atoms with E-state index in [1.54, 1.807) is 24.3 Å². The molecule has 5 heteroatoms. The van der Waals surface area contributed by atoms with Crippen molar-refractivity contribution in [3.05, 3.63) is 52.3 Å². The second-order valence-electron chi connectivity index (χ2n) is 4.83. The lowest BCUT2D eigenvalue weighted by Crippen LogP contribution is -2.21. The molecule has 0 aliphatic heterocycles. The Labute approximate surface area is 129 Å². The van der Waals surface area contributed by atoms with Crippen molar-refractivity contribution in [3.8, 4) is 5.75 Å². The van der Waals surface area contributed by atoms with Crippen LogP contribution in [0.4, 0.5) is 5.69 Å². The fraction of sp³-hybridized carbons (Fsp3) is 0.250. The summed E-state index contributed by atoms with van der Waals surface area (Å²) < 4.78 is 5.41. The van der Waals surface area contributed by atoms with Gasteiger partial charge in [0, 0.05) is 10.7 Å². The van der Waals surface area contributed by atoms with Gasteiger partial charge in [-0.15, -0.1) is 0 Å². The molecule has 1 amide bonds. The van der Waals surface area contributed by atoms with Crippen LogP contribution in [0, 0.1) is 20.8 Å². The molecule has 0 bridgehead atoms. The molecule has 1 heterocycles. The fourth-order valence-electron chi connectivity index (χ4n) is 2.07. The number of carbonyl (C=O) groups excluding carboxylic acids is 1. The first-order valence-electron chi connectivity index (χ1n) is 6.59. The number of ether oxygens (including phenoxy) is 1. The number of nitrogens with one attached hydrogen (secondary N) is 1. The smallest absolute Gasteiger partial charge is 0.262 e. The first-order chi connectivity index (χ1) is 9.95. The van der Waals surface area contributed by atoms with Gasteiger partial charge in [0.2, 0.25) is 0 Å². The van der Waals surface area contributed by atoms with E-state index >= 15 is 0 Å². The minimum Gasteiger partial charge on any atom is -0.484 e. The minimum absolute atomic E-state index is 0.0611. The summed E-state index contributed by atoms with van der Waals surface area (Å²) in [4.78, 5) is 16.3. The number of rotatable bonds is 4. The van der Waals surface area contributed by atoms with Gasteiger partial charge in [-0.3, -0.25) is 9.78 Å². The molecule has 0 aliphatic rings. The summed E-state index contributed by atoms with van der Waals surface area (Å²) in [6.07, 6.45) is 0. The van der Waals surface area contributed by atoms with E-state index in [-0.39, 0.29) is 12.5 Å². The van der Waals surface area contributed by atoms with Crippen LogP contribution in [0.2, 0.25) is 5.02 Å². The molecule has 0 spiro atoms. The highest BCUT2D eigenvalue weighted by Crippen LogP contribution is 2.19. The maximum Gasteiger partial charge on any atom is 0.262 e. The van der Waals surface area contributed by atoms with Gasteiger partial charge in [-0.05, 0) is 56.7 Å². The number of aromatic nitrogens is 1. The van der Waals surface area contributed by atoms with Crippen molar-refractivity contribution in [1.82, 2.24) is 4.98 Å². The van der Waals surface area contributed by atoms with Gasteiger partial charge in [-0.2, -0.15) is 0 Å². The highest BCUT2D eigenvalue weighted by Gasteiger charge is 2.10. The molecule has 1 aromatic carbocycles. The van der Waals surface area contributed by atoms with Crippen molar-refractivity contribution in [3.63, 3.8) is 0 Å². The van der Waals surface area contributed by atoms with Gasteiger partial charge >= 0.3 is 0 Å². The summed E-state index contributed by atoms with van der Waals surface area (Å²) in [5.41, 5.74) is 3.46. The Bertz CT molecular complexity index is 631. The van der Waals surface area contributed by atoms with Crippen LogP contribution in [-0.4, -0.2) is 17.5 Å². The molecular formula is C16H17ClN2O2. The number of pyridine rings is 1. The molecular weight excluding hydrogens is 288 g/mol. The highest BCUT2D eigenvalue weighted by atomic mass is 35.5. The lowest BCUT2D eigenvalue weighted by Gasteiger charge is -2.12. The maximum atomic E-state index is 12.0. The van der Waals surface area contributed by atoms with Crippen molar-refractivity contribution in [2.75, 3.05) is 11.9 Å². The van der Waals surface area contributed by atoms with Crippen LogP contribution in [-0.2, 0) is 4.79 Å². The van der Waals surface area contributed by atoms with Crippen LogP contribution in [0.15, 0.2) is 30.3 Å².